The number of anilines is 1. The average Bonchev–Trinajstić information content (AvgIpc) is 2.41. The molecule has 21 heavy (non-hydrogen) atoms. The number of hydrogen-bond donors (Lipinski definition) is 1. The first-order chi connectivity index (χ1) is 9.88. The molecule has 0 radical (unpaired) electrons. The molecule has 0 saturated heterocycles. The van der Waals surface area contributed by atoms with Crippen LogP contribution < -0.4 is 5.32 Å². The third kappa shape index (κ3) is 3.37. The van der Waals surface area contributed by atoms with E-state index in [1.165, 1.54) is 12.1 Å². The van der Waals surface area contributed by atoms with Crippen LogP contribution in [-0.2, 0) is 6.54 Å². The number of rotatable bonds is 4. The van der Waals surface area contributed by atoms with Gasteiger partial charge in [0.25, 0.3) is 5.69 Å². The first-order valence-electron chi connectivity index (χ1n) is 6.63. The molecular weight excluding hydrogens is 271 g/mol. The van der Waals surface area contributed by atoms with Gasteiger partial charge in [-0.05, 0) is 49.6 Å². The van der Waals surface area contributed by atoms with Gasteiger partial charge in [-0.3, -0.25) is 10.1 Å². The highest BCUT2D eigenvalue weighted by atomic mass is 19.1. The van der Waals surface area contributed by atoms with E-state index in [4.69, 9.17) is 0 Å². The van der Waals surface area contributed by atoms with Crippen molar-refractivity contribution in [1.29, 1.82) is 0 Å². The van der Waals surface area contributed by atoms with E-state index in [1.807, 2.05) is 13.0 Å². The summed E-state index contributed by atoms with van der Waals surface area (Å²) in [5, 5.41) is 14.1. The molecule has 0 aliphatic carbocycles. The molecule has 2 rings (SSSR count). The third-order valence-corrected chi connectivity index (χ3v) is 3.46. The van der Waals surface area contributed by atoms with E-state index in [2.05, 4.69) is 5.32 Å². The first kappa shape index (κ1) is 15.0. The monoisotopic (exact) mass is 288 g/mol. The van der Waals surface area contributed by atoms with Gasteiger partial charge in [-0.25, -0.2) is 4.39 Å². The fraction of sp³-hybridized carbons (Fsp3) is 0.250. The highest BCUT2D eigenvalue weighted by Gasteiger charge is 2.13. The second-order valence-electron chi connectivity index (χ2n) is 5.15. The second kappa shape index (κ2) is 5.91. The molecule has 0 aliphatic rings. The van der Waals surface area contributed by atoms with Crippen LogP contribution in [0.1, 0.15) is 22.3 Å². The summed E-state index contributed by atoms with van der Waals surface area (Å²) in [6.07, 6.45) is 0. The predicted molar refractivity (Wildman–Crippen MR) is 81.0 cm³/mol. The zero-order valence-electron chi connectivity index (χ0n) is 12.2. The fourth-order valence-electron chi connectivity index (χ4n) is 2.17. The zero-order chi connectivity index (χ0) is 15.6. The summed E-state index contributed by atoms with van der Waals surface area (Å²) in [6.45, 7) is 5.72. The van der Waals surface area contributed by atoms with Crippen molar-refractivity contribution >= 4 is 11.4 Å². The Labute approximate surface area is 122 Å². The van der Waals surface area contributed by atoms with Crippen LogP contribution in [0, 0.1) is 36.7 Å². The summed E-state index contributed by atoms with van der Waals surface area (Å²) in [5.74, 6) is -0.249. The Balaban J connectivity index is 2.21. The van der Waals surface area contributed by atoms with Gasteiger partial charge in [0.15, 0.2) is 0 Å². The lowest BCUT2D eigenvalue weighted by Crippen LogP contribution is -2.03. The van der Waals surface area contributed by atoms with Crippen LogP contribution in [0.5, 0.6) is 0 Å². The molecule has 1 N–H and O–H groups in total. The van der Waals surface area contributed by atoms with Crippen LogP contribution >= 0.6 is 0 Å². The third-order valence-electron chi connectivity index (χ3n) is 3.46. The summed E-state index contributed by atoms with van der Waals surface area (Å²) < 4.78 is 13.5. The van der Waals surface area contributed by atoms with Gasteiger partial charge in [-0.1, -0.05) is 12.1 Å². The average molecular weight is 288 g/mol. The Morgan fingerprint density at radius 3 is 2.43 bits per heavy atom. The lowest BCUT2D eigenvalue weighted by molar-refractivity contribution is -0.385. The van der Waals surface area contributed by atoms with Gasteiger partial charge >= 0.3 is 0 Å². The van der Waals surface area contributed by atoms with Crippen molar-refractivity contribution in [3.05, 3.63) is 68.5 Å². The number of nitro groups is 1. The molecule has 0 bridgehead atoms. The van der Waals surface area contributed by atoms with Gasteiger partial charge in [0.2, 0.25) is 0 Å². The summed E-state index contributed by atoms with van der Waals surface area (Å²) in [5.41, 5.74) is 3.71. The molecule has 4 nitrogen and oxygen atoms in total. The minimum atomic E-state index is -0.397. The minimum absolute atomic E-state index is 0.0817. The van der Waals surface area contributed by atoms with E-state index in [9.17, 15) is 14.5 Å². The highest BCUT2D eigenvalue weighted by molar-refractivity contribution is 5.60. The Morgan fingerprint density at radius 2 is 1.81 bits per heavy atom. The van der Waals surface area contributed by atoms with Crippen LogP contribution in [0.15, 0.2) is 30.3 Å². The Hall–Kier alpha value is -2.43. The number of benzene rings is 2. The molecule has 0 heterocycles. The van der Waals surface area contributed by atoms with Crippen LogP contribution in [0.2, 0.25) is 0 Å². The Kier molecular flexibility index (Phi) is 4.21. The van der Waals surface area contributed by atoms with Gasteiger partial charge in [0.1, 0.15) is 5.82 Å². The van der Waals surface area contributed by atoms with Crippen LogP contribution in [-0.4, -0.2) is 4.92 Å². The standard InChI is InChI=1S/C16H17FN2O2/c1-10-4-5-13(7-14(10)17)9-18-15-8-16(19(20)21)12(3)6-11(15)2/h4-8,18H,9H2,1-3H3. The van der Waals surface area contributed by atoms with Gasteiger partial charge in [-0.2, -0.15) is 0 Å². The van der Waals surface area contributed by atoms with E-state index in [-0.39, 0.29) is 11.5 Å². The van der Waals surface area contributed by atoms with Crippen molar-refractivity contribution in [2.45, 2.75) is 27.3 Å². The van der Waals surface area contributed by atoms with Gasteiger partial charge in [0, 0.05) is 23.9 Å². The molecule has 2 aromatic carbocycles. The summed E-state index contributed by atoms with van der Waals surface area (Å²) >= 11 is 0. The van der Waals surface area contributed by atoms with Gasteiger partial charge in [0.05, 0.1) is 4.92 Å². The van der Waals surface area contributed by atoms with Crippen molar-refractivity contribution in [1.82, 2.24) is 0 Å². The van der Waals surface area contributed by atoms with Gasteiger partial charge in [-0.15, -0.1) is 0 Å². The number of halogens is 1. The lowest BCUT2D eigenvalue weighted by atomic mass is 10.1. The zero-order valence-corrected chi connectivity index (χ0v) is 12.2. The second-order valence-corrected chi connectivity index (χ2v) is 5.15. The van der Waals surface area contributed by atoms with Crippen molar-refractivity contribution in [2.24, 2.45) is 0 Å². The predicted octanol–water partition coefficient (Wildman–Crippen LogP) is 4.27. The molecule has 5 heteroatoms. The van der Waals surface area contributed by atoms with Crippen molar-refractivity contribution in [2.75, 3.05) is 5.32 Å². The van der Waals surface area contributed by atoms with Crippen LogP contribution in [0.4, 0.5) is 15.8 Å². The summed E-state index contributed by atoms with van der Waals surface area (Å²) in [7, 11) is 0. The molecule has 0 aliphatic heterocycles. The summed E-state index contributed by atoms with van der Waals surface area (Å²) in [6, 6.07) is 8.33. The van der Waals surface area contributed by atoms with Crippen LogP contribution in [0.25, 0.3) is 0 Å². The number of aryl methyl sites for hydroxylation is 3. The van der Waals surface area contributed by atoms with E-state index in [0.717, 1.165) is 11.1 Å². The topological polar surface area (TPSA) is 55.2 Å². The van der Waals surface area contributed by atoms with E-state index in [0.29, 0.717) is 23.4 Å². The number of hydrogen-bond acceptors (Lipinski definition) is 3. The molecule has 2 aromatic rings. The molecule has 0 saturated carbocycles. The summed E-state index contributed by atoms with van der Waals surface area (Å²) in [4.78, 5) is 10.6. The molecule has 0 fully saturated rings. The molecular formula is C16H17FN2O2. The van der Waals surface area contributed by atoms with Crippen molar-refractivity contribution < 1.29 is 9.31 Å². The number of nitrogens with one attached hydrogen (secondary N) is 1. The number of nitro benzene ring substituents is 1. The lowest BCUT2D eigenvalue weighted by Gasteiger charge is -2.11. The van der Waals surface area contributed by atoms with Crippen LogP contribution in [0.3, 0.4) is 0 Å². The van der Waals surface area contributed by atoms with Crippen molar-refractivity contribution in [3.8, 4) is 0 Å². The first-order valence-corrected chi connectivity index (χ1v) is 6.63. The van der Waals surface area contributed by atoms with E-state index in [1.54, 1.807) is 26.0 Å². The van der Waals surface area contributed by atoms with Crippen molar-refractivity contribution in [3.63, 3.8) is 0 Å². The number of nitrogens with zero attached hydrogens (tertiary/aromatic N) is 1. The molecule has 0 unspecified atom stereocenters. The Morgan fingerprint density at radius 1 is 1.10 bits per heavy atom. The SMILES string of the molecule is Cc1ccc(CNc2cc([N+](=O)[O-])c(C)cc2C)cc1F. The van der Waals surface area contributed by atoms with E-state index >= 15 is 0 Å². The normalized spacial score (nSPS) is 10.5. The minimum Gasteiger partial charge on any atom is -0.381 e. The fourth-order valence-corrected chi connectivity index (χ4v) is 2.17. The largest absolute Gasteiger partial charge is 0.381 e. The molecule has 0 aromatic heterocycles. The maximum Gasteiger partial charge on any atom is 0.274 e. The molecule has 110 valence electrons. The molecule has 0 amide bonds. The molecule has 0 spiro atoms. The maximum atomic E-state index is 13.5. The maximum absolute atomic E-state index is 13.5. The van der Waals surface area contributed by atoms with Gasteiger partial charge < -0.3 is 5.32 Å². The highest BCUT2D eigenvalue weighted by Crippen LogP contribution is 2.26. The smallest absolute Gasteiger partial charge is 0.274 e. The molecule has 0 atom stereocenters. The Bertz CT molecular complexity index is 699. The van der Waals surface area contributed by atoms with E-state index < -0.39 is 4.92 Å². The quantitative estimate of drug-likeness (QED) is 0.675.